The number of halogens is 1. The maximum atomic E-state index is 6.17. The normalized spacial score (nSPS) is 12.0. The zero-order chi connectivity index (χ0) is 14.5. The zero-order valence-electron chi connectivity index (χ0n) is 12.0. The second-order valence-electron chi connectivity index (χ2n) is 4.67. The molecule has 0 saturated carbocycles. The molecule has 0 radical (unpaired) electrons. The van der Waals surface area contributed by atoms with Crippen LogP contribution >= 0.6 is 11.6 Å². The van der Waals surface area contributed by atoms with Crippen LogP contribution < -0.4 is 10.1 Å². The summed E-state index contributed by atoms with van der Waals surface area (Å²) in [4.78, 5) is 4.13. The number of nitrogens with zero attached hydrogens (tertiary/aromatic N) is 1. The topological polar surface area (TPSA) is 34.2 Å². The van der Waals surface area contributed by atoms with Crippen LogP contribution in [0.25, 0.3) is 0 Å². The van der Waals surface area contributed by atoms with E-state index in [-0.39, 0.29) is 6.04 Å². The summed E-state index contributed by atoms with van der Waals surface area (Å²) in [6.45, 7) is 4.16. The molecule has 0 spiro atoms. The number of aromatic nitrogens is 1. The number of anilines is 1. The first-order chi connectivity index (χ1) is 9.65. The molecule has 2 aromatic rings. The summed E-state index contributed by atoms with van der Waals surface area (Å²) < 4.78 is 5.19. The first kappa shape index (κ1) is 14.7. The van der Waals surface area contributed by atoms with Gasteiger partial charge in [0.25, 0.3) is 0 Å². The summed E-state index contributed by atoms with van der Waals surface area (Å²) in [6.07, 6.45) is 2.67. The Morgan fingerprint density at radius 2 is 1.95 bits per heavy atom. The molecule has 1 aromatic carbocycles. The summed E-state index contributed by atoms with van der Waals surface area (Å²) in [5, 5.41) is 3.99. The summed E-state index contributed by atoms with van der Waals surface area (Å²) in [5.74, 6) is 0.860. The number of hydrogen-bond donors (Lipinski definition) is 1. The van der Waals surface area contributed by atoms with Gasteiger partial charge in [-0.15, -0.1) is 0 Å². The van der Waals surface area contributed by atoms with Crippen molar-refractivity contribution in [2.45, 2.75) is 26.3 Å². The lowest BCUT2D eigenvalue weighted by molar-refractivity contribution is 0.414. The molecule has 0 bridgehead atoms. The standard InChI is InChI=1S/C16H19ClN2O/c1-4-14(12-5-7-13(20-3)8-6-12)19-15-11(2)9-10-18-16(15)17/h5-10,14,19H,4H2,1-3H3. The number of benzene rings is 1. The van der Waals surface area contributed by atoms with Crippen molar-refractivity contribution >= 4 is 17.3 Å². The minimum absolute atomic E-state index is 0.196. The van der Waals surface area contributed by atoms with Crippen LogP contribution in [0, 0.1) is 6.92 Å². The number of aryl methyl sites for hydroxylation is 1. The van der Waals surface area contributed by atoms with Gasteiger partial charge in [0.1, 0.15) is 5.75 Å². The molecule has 20 heavy (non-hydrogen) atoms. The number of nitrogens with one attached hydrogen (secondary N) is 1. The van der Waals surface area contributed by atoms with E-state index >= 15 is 0 Å². The first-order valence-corrected chi connectivity index (χ1v) is 7.05. The van der Waals surface area contributed by atoms with Crippen LogP contribution in [0.15, 0.2) is 36.5 Å². The molecular formula is C16H19ClN2O. The molecule has 0 aliphatic heterocycles. The average molecular weight is 291 g/mol. The van der Waals surface area contributed by atoms with Crippen molar-refractivity contribution in [2.75, 3.05) is 12.4 Å². The SMILES string of the molecule is CCC(Nc1c(C)ccnc1Cl)c1ccc(OC)cc1. The van der Waals surface area contributed by atoms with Crippen molar-refractivity contribution in [3.8, 4) is 5.75 Å². The van der Waals surface area contributed by atoms with E-state index < -0.39 is 0 Å². The van der Waals surface area contributed by atoms with Gasteiger partial charge >= 0.3 is 0 Å². The third kappa shape index (κ3) is 3.23. The lowest BCUT2D eigenvalue weighted by Gasteiger charge is -2.21. The van der Waals surface area contributed by atoms with E-state index in [0.717, 1.165) is 23.4 Å². The second kappa shape index (κ2) is 6.62. The number of rotatable bonds is 5. The summed E-state index contributed by atoms with van der Waals surface area (Å²) in [6, 6.07) is 10.2. The lowest BCUT2D eigenvalue weighted by Crippen LogP contribution is -2.11. The molecule has 106 valence electrons. The van der Waals surface area contributed by atoms with Crippen LogP contribution in [0.2, 0.25) is 5.15 Å². The smallest absolute Gasteiger partial charge is 0.152 e. The van der Waals surface area contributed by atoms with Gasteiger partial charge in [0, 0.05) is 6.20 Å². The highest BCUT2D eigenvalue weighted by Crippen LogP contribution is 2.29. The Hall–Kier alpha value is -1.74. The molecule has 2 rings (SSSR count). The predicted molar refractivity (Wildman–Crippen MR) is 83.6 cm³/mol. The maximum Gasteiger partial charge on any atom is 0.152 e. The molecular weight excluding hydrogens is 272 g/mol. The van der Waals surface area contributed by atoms with Crippen LogP contribution in [0.4, 0.5) is 5.69 Å². The number of methoxy groups -OCH3 is 1. The molecule has 1 N–H and O–H groups in total. The average Bonchev–Trinajstić information content (AvgIpc) is 2.47. The van der Waals surface area contributed by atoms with Gasteiger partial charge in [-0.3, -0.25) is 0 Å². The third-order valence-electron chi connectivity index (χ3n) is 3.36. The maximum absolute atomic E-state index is 6.17. The largest absolute Gasteiger partial charge is 0.497 e. The van der Waals surface area contributed by atoms with E-state index in [9.17, 15) is 0 Å². The molecule has 3 nitrogen and oxygen atoms in total. The van der Waals surface area contributed by atoms with E-state index in [1.807, 2.05) is 25.1 Å². The number of ether oxygens (including phenoxy) is 1. The van der Waals surface area contributed by atoms with Crippen molar-refractivity contribution in [1.29, 1.82) is 0 Å². The molecule has 0 amide bonds. The Bertz CT molecular complexity index is 549. The molecule has 1 heterocycles. The molecule has 1 atom stereocenters. The van der Waals surface area contributed by atoms with Crippen molar-refractivity contribution in [1.82, 2.24) is 4.98 Å². The minimum Gasteiger partial charge on any atom is -0.497 e. The Balaban J connectivity index is 2.24. The first-order valence-electron chi connectivity index (χ1n) is 6.67. The summed E-state index contributed by atoms with van der Waals surface area (Å²) in [5.41, 5.74) is 3.20. The molecule has 1 aromatic heterocycles. The molecule has 0 aliphatic carbocycles. The zero-order valence-corrected chi connectivity index (χ0v) is 12.7. The number of pyridine rings is 1. The van der Waals surface area contributed by atoms with Crippen LogP contribution in [-0.4, -0.2) is 12.1 Å². The van der Waals surface area contributed by atoms with Gasteiger partial charge in [0.05, 0.1) is 18.8 Å². The second-order valence-corrected chi connectivity index (χ2v) is 5.03. The molecule has 0 aliphatic rings. The van der Waals surface area contributed by atoms with Gasteiger partial charge in [0.15, 0.2) is 5.15 Å². The molecule has 0 fully saturated rings. The van der Waals surface area contributed by atoms with E-state index in [0.29, 0.717) is 5.15 Å². The van der Waals surface area contributed by atoms with Crippen molar-refractivity contribution in [3.63, 3.8) is 0 Å². The van der Waals surface area contributed by atoms with Crippen molar-refractivity contribution in [2.24, 2.45) is 0 Å². The van der Waals surface area contributed by atoms with E-state index in [1.54, 1.807) is 13.3 Å². The van der Waals surface area contributed by atoms with Gasteiger partial charge < -0.3 is 10.1 Å². The molecule has 4 heteroatoms. The van der Waals surface area contributed by atoms with Gasteiger partial charge in [-0.05, 0) is 42.7 Å². The summed E-state index contributed by atoms with van der Waals surface area (Å²) >= 11 is 6.17. The van der Waals surface area contributed by atoms with Crippen LogP contribution in [0.1, 0.15) is 30.5 Å². The highest BCUT2D eigenvalue weighted by molar-refractivity contribution is 6.32. The highest BCUT2D eigenvalue weighted by Gasteiger charge is 2.13. The third-order valence-corrected chi connectivity index (χ3v) is 3.64. The van der Waals surface area contributed by atoms with Gasteiger partial charge in [-0.2, -0.15) is 0 Å². The molecule has 0 saturated heterocycles. The van der Waals surface area contributed by atoms with Gasteiger partial charge in [0.2, 0.25) is 0 Å². The highest BCUT2D eigenvalue weighted by atomic mass is 35.5. The Morgan fingerprint density at radius 3 is 2.50 bits per heavy atom. The van der Waals surface area contributed by atoms with Crippen LogP contribution in [0.5, 0.6) is 5.75 Å². The van der Waals surface area contributed by atoms with Crippen molar-refractivity contribution in [3.05, 3.63) is 52.8 Å². The van der Waals surface area contributed by atoms with E-state index in [4.69, 9.17) is 16.3 Å². The van der Waals surface area contributed by atoms with E-state index in [2.05, 4.69) is 29.4 Å². The summed E-state index contributed by atoms with van der Waals surface area (Å²) in [7, 11) is 1.67. The monoisotopic (exact) mass is 290 g/mol. The van der Waals surface area contributed by atoms with Crippen molar-refractivity contribution < 1.29 is 4.74 Å². The predicted octanol–water partition coefficient (Wildman–Crippen LogP) is 4.62. The minimum atomic E-state index is 0.196. The lowest BCUT2D eigenvalue weighted by atomic mass is 10.0. The Kier molecular flexibility index (Phi) is 4.85. The quantitative estimate of drug-likeness (QED) is 0.816. The van der Waals surface area contributed by atoms with Crippen LogP contribution in [0.3, 0.4) is 0 Å². The van der Waals surface area contributed by atoms with Crippen LogP contribution in [-0.2, 0) is 0 Å². The number of hydrogen-bond acceptors (Lipinski definition) is 3. The fourth-order valence-corrected chi connectivity index (χ4v) is 2.39. The van der Waals surface area contributed by atoms with Gasteiger partial charge in [-0.1, -0.05) is 30.7 Å². The van der Waals surface area contributed by atoms with E-state index in [1.165, 1.54) is 5.56 Å². The fourth-order valence-electron chi connectivity index (χ4n) is 2.13. The Morgan fingerprint density at radius 1 is 1.25 bits per heavy atom. The molecule has 1 unspecified atom stereocenters. The Labute approximate surface area is 124 Å². The van der Waals surface area contributed by atoms with Gasteiger partial charge in [-0.25, -0.2) is 4.98 Å². The fraction of sp³-hybridized carbons (Fsp3) is 0.312.